The molecule has 0 spiro atoms. The summed E-state index contributed by atoms with van der Waals surface area (Å²) in [5, 5.41) is 2.91. The average Bonchev–Trinajstić information content (AvgIpc) is 2.45. The predicted octanol–water partition coefficient (Wildman–Crippen LogP) is 1.79. The second-order valence-electron chi connectivity index (χ2n) is 5.36. The Bertz CT molecular complexity index is 336. The first kappa shape index (κ1) is 17.8. The highest BCUT2D eigenvalue weighted by Crippen LogP contribution is 2.21. The molecule has 0 aromatic heterocycles. The summed E-state index contributed by atoms with van der Waals surface area (Å²) in [5.74, 6) is 0.260. The Morgan fingerprint density at radius 3 is 2.48 bits per heavy atom. The quantitative estimate of drug-likeness (QED) is 0.726. The Hall–Kier alpha value is -1.30. The molecule has 6 nitrogen and oxygen atoms in total. The third-order valence-corrected chi connectivity index (χ3v) is 3.72. The van der Waals surface area contributed by atoms with Crippen LogP contribution in [0.4, 0.5) is 4.79 Å². The molecule has 0 aliphatic carbocycles. The number of hydrogen-bond acceptors (Lipinski definition) is 5. The smallest absolute Gasteiger partial charge is 0.407 e. The number of amides is 1. The monoisotopic (exact) mass is 300 g/mol. The van der Waals surface area contributed by atoms with E-state index in [0.29, 0.717) is 25.6 Å². The summed E-state index contributed by atoms with van der Waals surface area (Å²) < 4.78 is 9.90. The van der Waals surface area contributed by atoms with Gasteiger partial charge in [0.1, 0.15) is 0 Å². The van der Waals surface area contributed by atoms with E-state index in [-0.39, 0.29) is 18.1 Å². The number of esters is 1. The van der Waals surface area contributed by atoms with Gasteiger partial charge in [-0.3, -0.25) is 4.79 Å². The summed E-state index contributed by atoms with van der Waals surface area (Å²) in [7, 11) is 0. The Kier molecular flexibility index (Phi) is 8.12. The van der Waals surface area contributed by atoms with Crippen molar-refractivity contribution in [2.45, 2.75) is 46.1 Å². The van der Waals surface area contributed by atoms with Gasteiger partial charge in [-0.2, -0.15) is 0 Å². The van der Waals surface area contributed by atoms with E-state index < -0.39 is 0 Å². The summed E-state index contributed by atoms with van der Waals surface area (Å²) in [6, 6.07) is 0.0879. The summed E-state index contributed by atoms with van der Waals surface area (Å²) in [4.78, 5) is 25.3. The van der Waals surface area contributed by atoms with E-state index >= 15 is 0 Å². The van der Waals surface area contributed by atoms with Crippen LogP contribution in [-0.4, -0.2) is 55.9 Å². The molecule has 0 bridgehead atoms. The Balaban J connectivity index is 2.44. The molecule has 1 rings (SSSR count). The van der Waals surface area contributed by atoms with Gasteiger partial charge in [0, 0.05) is 25.6 Å². The van der Waals surface area contributed by atoms with E-state index in [4.69, 9.17) is 9.47 Å². The molecule has 1 fully saturated rings. The van der Waals surface area contributed by atoms with Crippen molar-refractivity contribution in [2.24, 2.45) is 5.92 Å². The number of likely N-dealkylation sites (N-methyl/N-ethyl adjacent to an activating group) is 1. The fourth-order valence-corrected chi connectivity index (χ4v) is 2.77. The minimum atomic E-state index is -0.357. The standard InChI is InChI=1S/C15H28N2O4/c1-4-17-10-12(7-8-14(18)20-5-2)9-13(11-17)16-15(19)21-6-3/h12-13H,4-11H2,1-3H3,(H,16,19). The third kappa shape index (κ3) is 6.80. The first-order valence-corrected chi connectivity index (χ1v) is 7.90. The highest BCUT2D eigenvalue weighted by molar-refractivity contribution is 5.69. The van der Waals surface area contributed by atoms with Crippen molar-refractivity contribution in [3.8, 4) is 0 Å². The van der Waals surface area contributed by atoms with Gasteiger partial charge in [-0.05, 0) is 39.2 Å². The number of likely N-dealkylation sites (tertiary alicyclic amines) is 1. The topological polar surface area (TPSA) is 67.9 Å². The van der Waals surface area contributed by atoms with Crippen molar-refractivity contribution in [2.75, 3.05) is 32.8 Å². The SMILES string of the molecule is CCOC(=O)CCC1CC(NC(=O)OCC)CN(CC)C1. The second-order valence-corrected chi connectivity index (χ2v) is 5.36. The van der Waals surface area contributed by atoms with Crippen molar-refractivity contribution in [1.29, 1.82) is 0 Å². The van der Waals surface area contributed by atoms with Crippen LogP contribution in [0.15, 0.2) is 0 Å². The van der Waals surface area contributed by atoms with Crippen molar-refractivity contribution in [3.05, 3.63) is 0 Å². The number of piperidine rings is 1. The van der Waals surface area contributed by atoms with E-state index in [0.717, 1.165) is 32.5 Å². The van der Waals surface area contributed by atoms with Gasteiger partial charge in [0.25, 0.3) is 0 Å². The van der Waals surface area contributed by atoms with Crippen LogP contribution in [0.25, 0.3) is 0 Å². The zero-order valence-corrected chi connectivity index (χ0v) is 13.4. The van der Waals surface area contributed by atoms with Crippen LogP contribution >= 0.6 is 0 Å². The van der Waals surface area contributed by atoms with E-state index in [1.54, 1.807) is 6.92 Å². The number of ether oxygens (including phenoxy) is 2. The lowest BCUT2D eigenvalue weighted by Gasteiger charge is -2.37. The molecule has 0 aromatic rings. The highest BCUT2D eigenvalue weighted by Gasteiger charge is 2.28. The number of alkyl carbamates (subject to hydrolysis) is 1. The molecule has 0 saturated carbocycles. The number of nitrogens with zero attached hydrogens (tertiary/aromatic N) is 1. The zero-order valence-electron chi connectivity index (χ0n) is 13.4. The van der Waals surface area contributed by atoms with E-state index in [9.17, 15) is 9.59 Å². The first-order valence-electron chi connectivity index (χ1n) is 7.90. The van der Waals surface area contributed by atoms with Crippen molar-refractivity contribution in [3.63, 3.8) is 0 Å². The fourth-order valence-electron chi connectivity index (χ4n) is 2.77. The Morgan fingerprint density at radius 1 is 1.14 bits per heavy atom. The van der Waals surface area contributed by atoms with Gasteiger partial charge < -0.3 is 19.7 Å². The molecule has 1 saturated heterocycles. The lowest BCUT2D eigenvalue weighted by Crippen LogP contribution is -2.50. The maximum atomic E-state index is 11.5. The maximum absolute atomic E-state index is 11.5. The molecule has 1 aliphatic rings. The molecule has 2 atom stereocenters. The van der Waals surface area contributed by atoms with Gasteiger partial charge in [0.05, 0.1) is 13.2 Å². The number of carbonyl (C=O) groups is 2. The van der Waals surface area contributed by atoms with Crippen LogP contribution in [0.5, 0.6) is 0 Å². The molecular formula is C15H28N2O4. The van der Waals surface area contributed by atoms with Gasteiger partial charge in [-0.1, -0.05) is 6.92 Å². The molecule has 2 unspecified atom stereocenters. The molecule has 1 heterocycles. The largest absolute Gasteiger partial charge is 0.466 e. The van der Waals surface area contributed by atoms with Crippen LogP contribution in [0.2, 0.25) is 0 Å². The normalized spacial score (nSPS) is 22.6. The van der Waals surface area contributed by atoms with Crippen LogP contribution in [0.3, 0.4) is 0 Å². The fraction of sp³-hybridized carbons (Fsp3) is 0.867. The van der Waals surface area contributed by atoms with Crippen LogP contribution < -0.4 is 5.32 Å². The number of rotatable bonds is 7. The summed E-state index contributed by atoms with van der Waals surface area (Å²) in [6.07, 6.45) is 1.78. The van der Waals surface area contributed by atoms with Crippen LogP contribution in [-0.2, 0) is 14.3 Å². The number of nitrogens with one attached hydrogen (secondary N) is 1. The molecule has 122 valence electrons. The lowest BCUT2D eigenvalue weighted by atomic mass is 9.90. The van der Waals surface area contributed by atoms with Gasteiger partial charge in [-0.15, -0.1) is 0 Å². The molecule has 1 amide bonds. The second kappa shape index (κ2) is 9.60. The van der Waals surface area contributed by atoms with Crippen LogP contribution in [0.1, 0.15) is 40.0 Å². The maximum Gasteiger partial charge on any atom is 0.407 e. The molecule has 0 radical (unpaired) electrons. The highest BCUT2D eigenvalue weighted by atomic mass is 16.5. The first-order chi connectivity index (χ1) is 10.1. The third-order valence-electron chi connectivity index (χ3n) is 3.72. The van der Waals surface area contributed by atoms with Gasteiger partial charge >= 0.3 is 12.1 Å². The summed E-state index contributed by atoms with van der Waals surface area (Å²) in [5.41, 5.74) is 0. The Morgan fingerprint density at radius 2 is 1.86 bits per heavy atom. The molecule has 0 aromatic carbocycles. The van der Waals surface area contributed by atoms with Crippen molar-refractivity contribution >= 4 is 12.1 Å². The molecule has 21 heavy (non-hydrogen) atoms. The van der Waals surface area contributed by atoms with E-state index in [1.165, 1.54) is 0 Å². The number of hydrogen-bond donors (Lipinski definition) is 1. The minimum absolute atomic E-state index is 0.0879. The van der Waals surface area contributed by atoms with Gasteiger partial charge in [0.15, 0.2) is 0 Å². The van der Waals surface area contributed by atoms with Crippen LogP contribution in [0, 0.1) is 5.92 Å². The molecule has 1 aliphatic heterocycles. The Labute approximate surface area is 127 Å². The molecule has 1 N–H and O–H groups in total. The summed E-state index contributed by atoms with van der Waals surface area (Å²) >= 11 is 0. The van der Waals surface area contributed by atoms with Gasteiger partial charge in [-0.25, -0.2) is 4.79 Å². The zero-order chi connectivity index (χ0) is 15.7. The molecule has 6 heteroatoms. The molecular weight excluding hydrogens is 272 g/mol. The summed E-state index contributed by atoms with van der Waals surface area (Å²) in [6.45, 7) is 9.27. The average molecular weight is 300 g/mol. The minimum Gasteiger partial charge on any atom is -0.466 e. The predicted molar refractivity (Wildman–Crippen MR) is 80.0 cm³/mol. The van der Waals surface area contributed by atoms with Crippen molar-refractivity contribution in [1.82, 2.24) is 10.2 Å². The number of carbonyl (C=O) groups excluding carboxylic acids is 2. The van der Waals surface area contributed by atoms with E-state index in [2.05, 4.69) is 17.1 Å². The van der Waals surface area contributed by atoms with Gasteiger partial charge in [0.2, 0.25) is 0 Å². The van der Waals surface area contributed by atoms with E-state index in [1.807, 2.05) is 6.92 Å². The van der Waals surface area contributed by atoms with Crippen molar-refractivity contribution < 1.29 is 19.1 Å². The lowest BCUT2D eigenvalue weighted by molar-refractivity contribution is -0.143.